The molecule has 1 aliphatic rings. The van der Waals surface area contributed by atoms with Crippen LogP contribution in [0.5, 0.6) is 5.75 Å². The second kappa shape index (κ2) is 7.08. The van der Waals surface area contributed by atoms with E-state index in [4.69, 9.17) is 9.72 Å². The van der Waals surface area contributed by atoms with Gasteiger partial charge in [-0.05, 0) is 68.2 Å². The van der Waals surface area contributed by atoms with E-state index in [-0.39, 0.29) is 0 Å². The van der Waals surface area contributed by atoms with Gasteiger partial charge >= 0.3 is 0 Å². The standard InChI is InChI=1S/C23H26N2O/c1-25(2)15-18-11-12-22-20(14-16-7-4-5-10-21(16)24-22)23(18)17-8-6-9-19(13-17)26-3/h4-10,13-14,18,23H,11-12,15H2,1-3H3/t18-,23-/m0/s1. The molecule has 0 unspecified atom stereocenters. The Balaban J connectivity index is 1.87. The van der Waals surface area contributed by atoms with Gasteiger partial charge in [0.15, 0.2) is 0 Å². The van der Waals surface area contributed by atoms with Gasteiger partial charge in [0, 0.05) is 23.5 Å². The van der Waals surface area contributed by atoms with Crippen molar-refractivity contribution in [1.82, 2.24) is 9.88 Å². The molecular formula is C23H26N2O. The van der Waals surface area contributed by atoms with Crippen LogP contribution in [0.3, 0.4) is 0 Å². The lowest BCUT2D eigenvalue weighted by atomic mass is 9.73. The fraction of sp³-hybridized carbons (Fsp3) is 0.348. The maximum Gasteiger partial charge on any atom is 0.119 e. The van der Waals surface area contributed by atoms with Crippen LogP contribution >= 0.6 is 0 Å². The van der Waals surface area contributed by atoms with Gasteiger partial charge in [-0.2, -0.15) is 0 Å². The number of hydrogen-bond donors (Lipinski definition) is 0. The van der Waals surface area contributed by atoms with E-state index in [2.05, 4.69) is 67.5 Å². The summed E-state index contributed by atoms with van der Waals surface area (Å²) in [6, 6.07) is 19.4. The van der Waals surface area contributed by atoms with Gasteiger partial charge in [-0.3, -0.25) is 4.98 Å². The monoisotopic (exact) mass is 346 g/mol. The molecule has 1 heterocycles. The zero-order chi connectivity index (χ0) is 18.1. The highest BCUT2D eigenvalue weighted by Gasteiger charge is 2.32. The SMILES string of the molecule is COc1cccc([C@@H]2c3cc4ccccc4nc3CC[C@H]2CN(C)C)c1. The van der Waals surface area contributed by atoms with Crippen LogP contribution in [0.15, 0.2) is 54.6 Å². The van der Waals surface area contributed by atoms with Crippen LogP contribution in [-0.4, -0.2) is 37.6 Å². The Hall–Kier alpha value is -2.39. The highest BCUT2D eigenvalue weighted by molar-refractivity contribution is 5.80. The van der Waals surface area contributed by atoms with E-state index in [1.54, 1.807) is 7.11 Å². The number of aryl methyl sites for hydroxylation is 1. The van der Waals surface area contributed by atoms with Crippen LogP contribution in [0.2, 0.25) is 0 Å². The Morgan fingerprint density at radius 3 is 2.73 bits per heavy atom. The highest BCUT2D eigenvalue weighted by atomic mass is 16.5. The number of para-hydroxylation sites is 1. The fourth-order valence-corrected chi connectivity index (χ4v) is 4.34. The molecule has 1 aromatic heterocycles. The van der Waals surface area contributed by atoms with Crippen LogP contribution in [-0.2, 0) is 6.42 Å². The molecule has 3 nitrogen and oxygen atoms in total. The maximum atomic E-state index is 5.49. The van der Waals surface area contributed by atoms with E-state index in [1.807, 2.05) is 6.07 Å². The van der Waals surface area contributed by atoms with Crippen LogP contribution in [0.25, 0.3) is 10.9 Å². The average Bonchev–Trinajstić information content (AvgIpc) is 2.66. The van der Waals surface area contributed by atoms with E-state index in [1.165, 1.54) is 28.6 Å². The van der Waals surface area contributed by atoms with Gasteiger partial charge in [-0.1, -0.05) is 30.3 Å². The number of benzene rings is 2. The minimum atomic E-state index is 0.355. The molecule has 4 rings (SSSR count). The molecule has 26 heavy (non-hydrogen) atoms. The Morgan fingerprint density at radius 1 is 1.08 bits per heavy atom. The molecule has 0 fully saturated rings. The summed E-state index contributed by atoms with van der Waals surface area (Å²) in [5.74, 6) is 1.85. The average molecular weight is 346 g/mol. The minimum Gasteiger partial charge on any atom is -0.497 e. The molecule has 0 amide bonds. The third kappa shape index (κ3) is 3.19. The molecule has 2 atom stereocenters. The summed E-state index contributed by atoms with van der Waals surface area (Å²) in [4.78, 5) is 7.31. The van der Waals surface area contributed by atoms with E-state index in [0.717, 1.165) is 24.2 Å². The van der Waals surface area contributed by atoms with Gasteiger partial charge < -0.3 is 9.64 Å². The predicted molar refractivity (Wildman–Crippen MR) is 107 cm³/mol. The molecule has 134 valence electrons. The van der Waals surface area contributed by atoms with Crippen molar-refractivity contribution in [2.45, 2.75) is 18.8 Å². The van der Waals surface area contributed by atoms with Gasteiger partial charge in [0.1, 0.15) is 5.75 Å². The molecule has 0 saturated heterocycles. The van der Waals surface area contributed by atoms with Crippen molar-refractivity contribution in [1.29, 1.82) is 0 Å². The fourth-order valence-electron chi connectivity index (χ4n) is 4.34. The zero-order valence-electron chi connectivity index (χ0n) is 15.8. The zero-order valence-corrected chi connectivity index (χ0v) is 15.8. The number of ether oxygens (including phenoxy) is 1. The van der Waals surface area contributed by atoms with E-state index < -0.39 is 0 Å². The first-order valence-corrected chi connectivity index (χ1v) is 9.33. The molecule has 0 spiro atoms. The smallest absolute Gasteiger partial charge is 0.119 e. The van der Waals surface area contributed by atoms with Gasteiger partial charge in [0.25, 0.3) is 0 Å². The number of fused-ring (bicyclic) bond motifs is 2. The third-order valence-corrected chi connectivity index (χ3v) is 5.45. The van der Waals surface area contributed by atoms with E-state index >= 15 is 0 Å². The topological polar surface area (TPSA) is 25.4 Å². The van der Waals surface area contributed by atoms with Crippen molar-refractivity contribution in [2.75, 3.05) is 27.7 Å². The number of nitrogens with zero attached hydrogens (tertiary/aromatic N) is 2. The minimum absolute atomic E-state index is 0.355. The second-order valence-corrected chi connectivity index (χ2v) is 7.53. The summed E-state index contributed by atoms with van der Waals surface area (Å²) >= 11 is 0. The highest BCUT2D eigenvalue weighted by Crippen LogP contribution is 2.42. The van der Waals surface area contributed by atoms with Crippen molar-refractivity contribution < 1.29 is 4.74 Å². The molecule has 0 radical (unpaired) electrons. The van der Waals surface area contributed by atoms with Gasteiger partial charge in [0.2, 0.25) is 0 Å². The first-order chi connectivity index (χ1) is 12.7. The lowest BCUT2D eigenvalue weighted by molar-refractivity contribution is 0.280. The van der Waals surface area contributed by atoms with E-state index in [9.17, 15) is 0 Å². The Labute approximate surface area is 155 Å². The molecule has 0 bridgehead atoms. The number of hydrogen-bond acceptors (Lipinski definition) is 3. The quantitative estimate of drug-likeness (QED) is 0.695. The molecule has 0 aliphatic heterocycles. The Bertz CT molecular complexity index is 919. The third-order valence-electron chi connectivity index (χ3n) is 5.45. The number of aromatic nitrogens is 1. The molecule has 0 N–H and O–H groups in total. The number of pyridine rings is 1. The lowest BCUT2D eigenvalue weighted by Gasteiger charge is -2.35. The second-order valence-electron chi connectivity index (χ2n) is 7.53. The molecular weight excluding hydrogens is 320 g/mol. The van der Waals surface area contributed by atoms with Gasteiger partial charge in [-0.25, -0.2) is 0 Å². The summed E-state index contributed by atoms with van der Waals surface area (Å²) < 4.78 is 5.49. The Kier molecular flexibility index (Phi) is 4.64. The number of rotatable bonds is 4. The molecule has 3 aromatic rings. The molecule has 2 aromatic carbocycles. The summed E-state index contributed by atoms with van der Waals surface area (Å²) in [6.07, 6.45) is 2.22. The summed E-state index contributed by atoms with van der Waals surface area (Å²) in [5.41, 5.74) is 5.07. The van der Waals surface area contributed by atoms with Gasteiger partial charge in [-0.15, -0.1) is 0 Å². The van der Waals surface area contributed by atoms with E-state index in [0.29, 0.717) is 11.8 Å². The number of methoxy groups -OCH3 is 1. The maximum absolute atomic E-state index is 5.49. The summed E-state index contributed by atoms with van der Waals surface area (Å²) in [6.45, 7) is 1.08. The molecule has 1 aliphatic carbocycles. The van der Waals surface area contributed by atoms with Crippen molar-refractivity contribution >= 4 is 10.9 Å². The summed E-state index contributed by atoms with van der Waals surface area (Å²) in [5, 5.41) is 1.23. The van der Waals surface area contributed by atoms with Crippen molar-refractivity contribution in [3.05, 3.63) is 71.4 Å². The molecule has 0 saturated carbocycles. The van der Waals surface area contributed by atoms with Crippen LogP contribution in [0.1, 0.15) is 29.2 Å². The first-order valence-electron chi connectivity index (χ1n) is 9.33. The van der Waals surface area contributed by atoms with Crippen molar-refractivity contribution in [3.8, 4) is 5.75 Å². The summed E-state index contributed by atoms with van der Waals surface area (Å²) in [7, 11) is 6.06. The lowest BCUT2D eigenvalue weighted by Crippen LogP contribution is -2.31. The van der Waals surface area contributed by atoms with Gasteiger partial charge in [0.05, 0.1) is 12.6 Å². The normalized spacial score (nSPS) is 19.5. The predicted octanol–water partition coefficient (Wildman–Crippen LogP) is 4.50. The van der Waals surface area contributed by atoms with Crippen molar-refractivity contribution in [2.24, 2.45) is 5.92 Å². The van der Waals surface area contributed by atoms with Crippen LogP contribution in [0.4, 0.5) is 0 Å². The Morgan fingerprint density at radius 2 is 1.92 bits per heavy atom. The van der Waals surface area contributed by atoms with Crippen LogP contribution < -0.4 is 4.74 Å². The first kappa shape index (κ1) is 17.0. The van der Waals surface area contributed by atoms with Crippen LogP contribution in [0, 0.1) is 5.92 Å². The molecule has 3 heteroatoms. The van der Waals surface area contributed by atoms with Crippen molar-refractivity contribution in [3.63, 3.8) is 0 Å². The largest absolute Gasteiger partial charge is 0.497 e.